The summed E-state index contributed by atoms with van der Waals surface area (Å²) in [6.45, 7) is 0. The van der Waals surface area contributed by atoms with E-state index >= 15 is 0 Å². The molecule has 0 aromatic rings. The van der Waals surface area contributed by atoms with Crippen molar-refractivity contribution in [2.45, 2.75) is 0 Å². The summed E-state index contributed by atoms with van der Waals surface area (Å²) in [4.78, 5) is 6.92. The molecule has 0 N–H and O–H groups in total. The van der Waals surface area contributed by atoms with Gasteiger partial charge >= 0.3 is 37.2 Å². The van der Waals surface area contributed by atoms with Gasteiger partial charge in [0.25, 0.3) is 0 Å². The molecule has 0 heterocycles. The Morgan fingerprint density at radius 1 is 1.00 bits per heavy atom. The molecule has 0 radical (unpaired) electrons. The van der Waals surface area contributed by atoms with Crippen molar-refractivity contribution in [3.8, 4) is 0 Å². The second kappa shape index (κ2) is 147. The average Bonchev–Trinajstić information content (AvgIpc) is 1.00. The van der Waals surface area contributed by atoms with Gasteiger partial charge in [0.15, 0.2) is 9.88 Å². The van der Waals surface area contributed by atoms with Crippen LogP contribution in [0.1, 0.15) is 0 Å². The van der Waals surface area contributed by atoms with Gasteiger partial charge in [-0.2, -0.15) is 0 Å². The van der Waals surface area contributed by atoms with Gasteiger partial charge in [-0.05, 0) is 0 Å². The van der Waals surface area contributed by atoms with E-state index in [1.807, 2.05) is 0 Å². The minimum Gasteiger partial charge on any atom is -3.00 e. The van der Waals surface area contributed by atoms with Crippen LogP contribution < -0.4 is 0 Å². The summed E-state index contributed by atoms with van der Waals surface area (Å²) in [7, 11) is 1.42. The summed E-state index contributed by atoms with van der Waals surface area (Å²) in [5.41, 5.74) is 0. The van der Waals surface area contributed by atoms with E-state index < -0.39 is 0 Å². The molecule has 3 nitrogen and oxygen atoms in total. The quantitative estimate of drug-likeness (QED) is 0.434. The van der Waals surface area contributed by atoms with Crippen LogP contribution in [0.2, 0.25) is 0 Å². The third-order valence-electron chi connectivity index (χ3n) is 0. The molecular formula is HAlGaN3Si. The van der Waals surface area contributed by atoms with Crippen LogP contribution in [-0.2, 0) is 0 Å². The van der Waals surface area contributed by atoms with Crippen LogP contribution in [0, 0.1) is 4.89 Å². The molecule has 6 heavy (non-hydrogen) atoms. The minimum atomic E-state index is 0. The molecule has 0 aliphatic heterocycles. The minimum absolute atomic E-state index is 0. The van der Waals surface area contributed by atoms with Crippen molar-refractivity contribution in [1.29, 1.82) is 4.89 Å². The molecule has 0 amide bonds. The zero-order valence-corrected chi connectivity index (χ0v) is 7.81. The van der Waals surface area contributed by atoms with Crippen LogP contribution in [0.25, 0.3) is 12.3 Å². The van der Waals surface area contributed by atoms with Gasteiger partial charge in [0, 0.05) is 0 Å². The normalized spacial score (nSPS) is 0.333. The van der Waals surface area contributed by atoms with E-state index in [-0.39, 0.29) is 49.5 Å². The number of hydrogen-bond acceptors (Lipinski definition) is 1. The molecule has 0 saturated heterocycles. The average molecular weight is 168 g/mol. The summed E-state index contributed by atoms with van der Waals surface area (Å²) >= 11 is 0. The monoisotopic (exact) mass is 167 g/mol. The predicted molar refractivity (Wildman–Crippen MR) is 27.1 cm³/mol. The van der Waals surface area contributed by atoms with Gasteiger partial charge in [0.1, 0.15) is 0 Å². The van der Waals surface area contributed by atoms with E-state index in [2.05, 4.69) is 0 Å². The van der Waals surface area contributed by atoms with Gasteiger partial charge in [-0.15, -0.1) is 0 Å². The van der Waals surface area contributed by atoms with Gasteiger partial charge in [0.2, 0.25) is 0 Å². The Bertz CT molecular complexity index is 15.5. The summed E-state index contributed by atoms with van der Waals surface area (Å²) in [6, 6.07) is 0. The van der Waals surface area contributed by atoms with Crippen molar-refractivity contribution in [2.75, 3.05) is 0 Å². The van der Waals surface area contributed by atoms with Crippen molar-refractivity contribution in [3.63, 3.8) is 0 Å². The summed E-state index contributed by atoms with van der Waals surface area (Å²) in [5, 5.41) is 0. The molecule has 0 aliphatic rings. The first-order valence-corrected chi connectivity index (χ1v) is 0.775. The first-order chi connectivity index (χ1) is 1.00. The number of nitrogens with zero attached hydrogens (tertiary/aromatic N) is 3. The van der Waals surface area contributed by atoms with E-state index in [1.165, 1.54) is 9.88 Å². The van der Waals surface area contributed by atoms with Gasteiger partial charge in [-0.3, -0.25) is 4.89 Å². The topological polar surface area (TPSA) is 84.8 Å². The van der Waals surface area contributed by atoms with E-state index in [0.29, 0.717) is 0 Å². The second-order valence-corrected chi connectivity index (χ2v) is 0. The van der Waals surface area contributed by atoms with E-state index in [1.54, 1.807) is 0 Å². The Morgan fingerprint density at radius 3 is 1.00 bits per heavy atom. The summed E-state index contributed by atoms with van der Waals surface area (Å²) in [6.07, 6.45) is 0. The third-order valence-corrected chi connectivity index (χ3v) is 0. The smallest absolute Gasteiger partial charge is 3.00 e. The molecule has 26 valence electrons. The first-order valence-electron chi connectivity index (χ1n) is 0.258. The van der Waals surface area contributed by atoms with E-state index in [4.69, 9.17) is 4.89 Å². The van der Waals surface area contributed by atoms with Crippen molar-refractivity contribution in [1.82, 2.24) is 0 Å². The van der Waals surface area contributed by atoms with Crippen molar-refractivity contribution in [3.05, 3.63) is 12.3 Å². The van der Waals surface area contributed by atoms with Crippen molar-refractivity contribution >= 4 is 47.0 Å². The van der Waals surface area contributed by atoms with Gasteiger partial charge < -0.3 is 12.3 Å². The Morgan fingerprint density at radius 2 is 1.00 bits per heavy atom. The molecule has 0 rings (SSSR count). The first kappa shape index (κ1) is 62.5. The molecule has 0 bridgehead atoms. The van der Waals surface area contributed by atoms with Gasteiger partial charge in [0.05, 0.1) is 0 Å². The molecular weight excluding hydrogens is 167 g/mol. The van der Waals surface area contributed by atoms with Crippen LogP contribution in [0.4, 0.5) is 0 Å². The SMILES string of the molecule is N#[SiH].[Al+3].[Ga+3].[N-3].[N-3]. The number of rotatable bonds is 0. The van der Waals surface area contributed by atoms with Crippen molar-refractivity contribution < 1.29 is 0 Å². The second-order valence-electron chi connectivity index (χ2n) is 0. The Balaban J connectivity index is -0.000000000833. The fourth-order valence-electron chi connectivity index (χ4n) is 0. The maximum absolute atomic E-state index is 6.92. The van der Waals surface area contributed by atoms with E-state index in [9.17, 15) is 0 Å². The zero-order valence-electron chi connectivity index (χ0n) is 3.07. The maximum Gasteiger partial charge on any atom is 3.00 e. The van der Waals surface area contributed by atoms with Crippen LogP contribution >= 0.6 is 0 Å². The Hall–Kier alpha value is 1.02. The standard InChI is InChI=1S/Al.Ga.HNSi.2N/c;;1-2;;/h;;2H;;/q2*+3;;2*-3. The Labute approximate surface area is 64.2 Å². The molecule has 0 unspecified atom stereocenters. The fourth-order valence-corrected chi connectivity index (χ4v) is 0. The zero-order chi connectivity index (χ0) is 2.00. The van der Waals surface area contributed by atoms with Gasteiger partial charge in [-0.1, -0.05) is 0 Å². The van der Waals surface area contributed by atoms with Crippen LogP contribution in [0.15, 0.2) is 0 Å². The fraction of sp³-hybridized carbons (Fsp3) is 0. The van der Waals surface area contributed by atoms with Crippen LogP contribution in [0.3, 0.4) is 0 Å². The summed E-state index contributed by atoms with van der Waals surface area (Å²) in [5.74, 6) is 0. The number of hydrogen-bond donors (Lipinski definition) is 0. The predicted octanol–water partition coefficient (Wildman–Crippen LogP) is -0.818. The molecule has 0 aliphatic carbocycles. The molecule has 0 spiro atoms. The van der Waals surface area contributed by atoms with Crippen LogP contribution in [0.5, 0.6) is 0 Å². The molecule has 6 heteroatoms. The van der Waals surface area contributed by atoms with Gasteiger partial charge in [-0.25, -0.2) is 0 Å². The Kier molecular flexibility index (Phi) is 1530. The third kappa shape index (κ3) is 78.4. The molecule has 0 aromatic carbocycles. The summed E-state index contributed by atoms with van der Waals surface area (Å²) < 4.78 is 0. The van der Waals surface area contributed by atoms with Crippen LogP contribution in [-0.4, -0.2) is 47.0 Å². The van der Waals surface area contributed by atoms with E-state index in [0.717, 1.165) is 0 Å². The molecule has 0 saturated carbocycles. The molecule has 0 atom stereocenters. The molecule has 0 fully saturated rings. The van der Waals surface area contributed by atoms with Crippen molar-refractivity contribution in [2.24, 2.45) is 0 Å². The largest absolute Gasteiger partial charge is 3.00 e. The maximum atomic E-state index is 6.92. The molecule has 0 aromatic heterocycles.